The van der Waals surface area contributed by atoms with Gasteiger partial charge in [0, 0.05) is 12.1 Å². The van der Waals surface area contributed by atoms with Crippen LogP contribution in [0.3, 0.4) is 0 Å². The third-order valence-electron chi connectivity index (χ3n) is 3.03. The molecule has 1 heterocycles. The second-order valence-electron chi connectivity index (χ2n) is 4.27. The molecular formula is C13H17NO3. The Morgan fingerprint density at radius 3 is 3.06 bits per heavy atom. The van der Waals surface area contributed by atoms with E-state index in [4.69, 9.17) is 4.74 Å². The van der Waals surface area contributed by atoms with Gasteiger partial charge in [-0.1, -0.05) is 0 Å². The van der Waals surface area contributed by atoms with Gasteiger partial charge in [0.15, 0.2) is 6.29 Å². The maximum absolute atomic E-state index is 10.5. The number of phenols is 1. The molecule has 0 radical (unpaired) electrons. The van der Waals surface area contributed by atoms with Crippen LogP contribution in [0.5, 0.6) is 11.5 Å². The minimum absolute atomic E-state index is 0.0310. The average molecular weight is 235 g/mol. The normalized spacial score (nSPS) is 19.2. The number of benzene rings is 1. The van der Waals surface area contributed by atoms with Crippen LogP contribution in [0.1, 0.15) is 29.6 Å². The molecule has 2 N–H and O–H groups in total. The Morgan fingerprint density at radius 1 is 1.53 bits per heavy atom. The lowest BCUT2D eigenvalue weighted by molar-refractivity contribution is 0.112. The summed E-state index contributed by atoms with van der Waals surface area (Å²) in [7, 11) is 0. The van der Waals surface area contributed by atoms with E-state index in [0.717, 1.165) is 13.0 Å². The minimum Gasteiger partial charge on any atom is -0.507 e. The van der Waals surface area contributed by atoms with Gasteiger partial charge in [-0.25, -0.2) is 0 Å². The van der Waals surface area contributed by atoms with E-state index >= 15 is 0 Å². The average Bonchev–Trinajstić information content (AvgIpc) is 2.82. The van der Waals surface area contributed by atoms with Crippen molar-refractivity contribution in [1.82, 2.24) is 5.32 Å². The van der Waals surface area contributed by atoms with Crippen LogP contribution in [0.2, 0.25) is 0 Å². The highest BCUT2D eigenvalue weighted by molar-refractivity contribution is 5.79. The molecule has 1 aliphatic heterocycles. The van der Waals surface area contributed by atoms with Crippen LogP contribution in [0.25, 0.3) is 0 Å². The van der Waals surface area contributed by atoms with Gasteiger partial charge in [0.1, 0.15) is 11.5 Å². The molecule has 4 nitrogen and oxygen atoms in total. The van der Waals surface area contributed by atoms with E-state index < -0.39 is 0 Å². The monoisotopic (exact) mass is 235 g/mol. The molecule has 0 aliphatic carbocycles. The fourth-order valence-corrected chi connectivity index (χ4v) is 2.04. The molecule has 1 aliphatic rings. The number of aldehydes is 1. The van der Waals surface area contributed by atoms with Crippen LogP contribution < -0.4 is 10.1 Å². The third-order valence-corrected chi connectivity index (χ3v) is 3.03. The SMILES string of the molecule is O=Cc1ccc(OCCC2CCCN2)cc1O. The summed E-state index contributed by atoms with van der Waals surface area (Å²) < 4.78 is 5.53. The quantitative estimate of drug-likeness (QED) is 0.763. The molecule has 1 unspecified atom stereocenters. The van der Waals surface area contributed by atoms with Gasteiger partial charge in [-0.15, -0.1) is 0 Å². The molecule has 0 spiro atoms. The lowest BCUT2D eigenvalue weighted by atomic mass is 10.2. The van der Waals surface area contributed by atoms with Gasteiger partial charge in [-0.05, 0) is 37.9 Å². The molecule has 0 saturated carbocycles. The molecule has 0 aromatic heterocycles. The van der Waals surface area contributed by atoms with Crippen LogP contribution in [-0.4, -0.2) is 30.6 Å². The van der Waals surface area contributed by atoms with Crippen molar-refractivity contribution in [3.63, 3.8) is 0 Å². The van der Waals surface area contributed by atoms with E-state index in [1.807, 2.05) is 0 Å². The molecule has 1 fully saturated rings. The van der Waals surface area contributed by atoms with Crippen molar-refractivity contribution in [1.29, 1.82) is 0 Å². The van der Waals surface area contributed by atoms with E-state index in [1.54, 1.807) is 12.1 Å². The molecule has 0 amide bonds. The van der Waals surface area contributed by atoms with Crippen molar-refractivity contribution in [2.45, 2.75) is 25.3 Å². The Balaban J connectivity index is 1.82. The maximum Gasteiger partial charge on any atom is 0.153 e. The van der Waals surface area contributed by atoms with Crippen molar-refractivity contribution < 1.29 is 14.6 Å². The first kappa shape index (κ1) is 11.9. The first-order valence-corrected chi connectivity index (χ1v) is 5.94. The van der Waals surface area contributed by atoms with E-state index in [2.05, 4.69) is 5.32 Å². The lowest BCUT2D eigenvalue weighted by Crippen LogP contribution is -2.23. The Labute approximate surface area is 101 Å². The van der Waals surface area contributed by atoms with Gasteiger partial charge in [0.25, 0.3) is 0 Å². The maximum atomic E-state index is 10.5. The molecule has 1 atom stereocenters. The van der Waals surface area contributed by atoms with Crippen LogP contribution in [0.4, 0.5) is 0 Å². The number of phenolic OH excluding ortho intramolecular Hbond substituents is 1. The number of nitrogens with one attached hydrogen (secondary N) is 1. The van der Waals surface area contributed by atoms with Crippen molar-refractivity contribution in [2.75, 3.05) is 13.2 Å². The zero-order chi connectivity index (χ0) is 12.1. The van der Waals surface area contributed by atoms with Gasteiger partial charge in [0.05, 0.1) is 12.2 Å². The number of aromatic hydroxyl groups is 1. The molecule has 1 saturated heterocycles. The first-order valence-electron chi connectivity index (χ1n) is 5.94. The van der Waals surface area contributed by atoms with Crippen LogP contribution >= 0.6 is 0 Å². The summed E-state index contributed by atoms with van der Waals surface area (Å²) in [5, 5.41) is 12.9. The highest BCUT2D eigenvalue weighted by Crippen LogP contribution is 2.22. The van der Waals surface area contributed by atoms with Gasteiger partial charge in [0.2, 0.25) is 0 Å². The van der Waals surface area contributed by atoms with Gasteiger partial charge >= 0.3 is 0 Å². The summed E-state index contributed by atoms with van der Waals surface area (Å²) >= 11 is 0. The Bertz CT molecular complexity index is 386. The van der Waals surface area contributed by atoms with Crippen molar-refractivity contribution in [2.24, 2.45) is 0 Å². The molecule has 1 aromatic rings. The summed E-state index contributed by atoms with van der Waals surface area (Å²) in [5.74, 6) is 0.572. The smallest absolute Gasteiger partial charge is 0.153 e. The second kappa shape index (κ2) is 5.68. The van der Waals surface area contributed by atoms with E-state index in [0.29, 0.717) is 24.7 Å². The molecule has 4 heteroatoms. The van der Waals surface area contributed by atoms with Gasteiger partial charge in [-0.2, -0.15) is 0 Å². The van der Waals surface area contributed by atoms with Gasteiger partial charge in [-0.3, -0.25) is 4.79 Å². The topological polar surface area (TPSA) is 58.6 Å². The summed E-state index contributed by atoms with van der Waals surface area (Å²) in [4.78, 5) is 10.5. The number of ether oxygens (including phenoxy) is 1. The summed E-state index contributed by atoms with van der Waals surface area (Å²) in [5.41, 5.74) is 0.287. The van der Waals surface area contributed by atoms with Crippen LogP contribution in [0, 0.1) is 0 Å². The first-order chi connectivity index (χ1) is 8.29. The summed E-state index contributed by atoms with van der Waals surface area (Å²) in [6.45, 7) is 1.72. The zero-order valence-electron chi connectivity index (χ0n) is 9.69. The van der Waals surface area contributed by atoms with Crippen molar-refractivity contribution in [3.05, 3.63) is 23.8 Å². The van der Waals surface area contributed by atoms with Crippen molar-refractivity contribution in [3.8, 4) is 11.5 Å². The molecule has 2 rings (SSSR count). The number of hydrogen-bond acceptors (Lipinski definition) is 4. The zero-order valence-corrected chi connectivity index (χ0v) is 9.69. The molecule has 1 aromatic carbocycles. The molecule has 17 heavy (non-hydrogen) atoms. The number of carbonyl (C=O) groups excluding carboxylic acids is 1. The van der Waals surface area contributed by atoms with E-state index in [1.165, 1.54) is 18.9 Å². The standard InChI is InChI=1S/C13H17NO3/c15-9-10-3-4-12(8-13(10)16)17-7-5-11-2-1-6-14-11/h3-4,8-9,11,14,16H,1-2,5-7H2. The number of hydrogen-bond donors (Lipinski definition) is 2. The molecular weight excluding hydrogens is 218 g/mol. The van der Waals surface area contributed by atoms with Crippen molar-refractivity contribution >= 4 is 6.29 Å². The van der Waals surface area contributed by atoms with E-state index in [9.17, 15) is 9.90 Å². The minimum atomic E-state index is -0.0310. The molecule has 0 bridgehead atoms. The Hall–Kier alpha value is -1.55. The number of carbonyl (C=O) groups is 1. The fourth-order valence-electron chi connectivity index (χ4n) is 2.04. The lowest BCUT2D eigenvalue weighted by Gasteiger charge is -2.11. The fraction of sp³-hybridized carbons (Fsp3) is 0.462. The van der Waals surface area contributed by atoms with Gasteiger partial charge < -0.3 is 15.2 Å². The molecule has 92 valence electrons. The van der Waals surface area contributed by atoms with Crippen LogP contribution in [0.15, 0.2) is 18.2 Å². The largest absolute Gasteiger partial charge is 0.507 e. The van der Waals surface area contributed by atoms with Crippen LogP contribution in [-0.2, 0) is 0 Å². The summed E-state index contributed by atoms with van der Waals surface area (Å²) in [6, 6.07) is 5.29. The van der Waals surface area contributed by atoms with E-state index in [-0.39, 0.29) is 11.3 Å². The predicted octanol–water partition coefficient (Wildman–Crippen LogP) is 1.73. The Morgan fingerprint density at radius 2 is 2.41 bits per heavy atom. The third kappa shape index (κ3) is 3.20. The highest BCUT2D eigenvalue weighted by Gasteiger charge is 2.13. The highest BCUT2D eigenvalue weighted by atomic mass is 16.5. The predicted molar refractivity (Wildman–Crippen MR) is 64.6 cm³/mol. The second-order valence-corrected chi connectivity index (χ2v) is 4.27. The summed E-state index contributed by atoms with van der Waals surface area (Å²) in [6.07, 6.45) is 4.04. The number of rotatable bonds is 5. The Kier molecular flexibility index (Phi) is 3.98.